The highest BCUT2D eigenvalue weighted by atomic mass is 16.2. The van der Waals surface area contributed by atoms with E-state index < -0.39 is 0 Å². The first-order valence-electron chi connectivity index (χ1n) is 6.81. The normalized spacial score (nSPS) is 15.5. The smallest absolute Gasteiger partial charge is 0.319 e. The van der Waals surface area contributed by atoms with Gasteiger partial charge in [0.1, 0.15) is 0 Å². The first kappa shape index (κ1) is 14.4. The number of benzene rings is 1. The molecule has 1 aliphatic rings. The molecule has 0 spiro atoms. The third-order valence-electron chi connectivity index (χ3n) is 3.55. The van der Waals surface area contributed by atoms with Crippen molar-refractivity contribution in [1.82, 2.24) is 10.2 Å². The molecule has 1 aromatic rings. The van der Waals surface area contributed by atoms with Gasteiger partial charge < -0.3 is 15.5 Å². The SMILES string of the molecule is CN(C)[C@@H](CNC(=O)Nc1cccc(C#N)c1)C1CC1. The van der Waals surface area contributed by atoms with Crippen LogP contribution in [0.1, 0.15) is 18.4 Å². The second kappa shape index (κ2) is 6.40. The van der Waals surface area contributed by atoms with Gasteiger partial charge in [0.05, 0.1) is 11.6 Å². The highest BCUT2D eigenvalue weighted by molar-refractivity contribution is 5.89. The van der Waals surface area contributed by atoms with E-state index in [1.165, 1.54) is 12.8 Å². The molecule has 2 amide bonds. The molecule has 0 unspecified atom stereocenters. The fourth-order valence-electron chi connectivity index (χ4n) is 2.29. The summed E-state index contributed by atoms with van der Waals surface area (Å²) in [5, 5.41) is 14.5. The molecule has 20 heavy (non-hydrogen) atoms. The summed E-state index contributed by atoms with van der Waals surface area (Å²) < 4.78 is 0. The quantitative estimate of drug-likeness (QED) is 0.861. The minimum Gasteiger partial charge on any atom is -0.336 e. The van der Waals surface area contributed by atoms with Gasteiger partial charge in [-0.1, -0.05) is 6.07 Å². The van der Waals surface area contributed by atoms with Crippen molar-refractivity contribution in [3.8, 4) is 6.07 Å². The van der Waals surface area contributed by atoms with Gasteiger partial charge in [0, 0.05) is 18.3 Å². The molecule has 0 aromatic heterocycles. The van der Waals surface area contributed by atoms with Crippen molar-refractivity contribution in [2.45, 2.75) is 18.9 Å². The first-order valence-corrected chi connectivity index (χ1v) is 6.81. The Labute approximate surface area is 119 Å². The van der Waals surface area contributed by atoms with Gasteiger partial charge in [0.2, 0.25) is 0 Å². The van der Waals surface area contributed by atoms with Crippen LogP contribution < -0.4 is 10.6 Å². The zero-order valence-corrected chi connectivity index (χ0v) is 11.9. The van der Waals surface area contributed by atoms with Crippen LogP contribution in [0.15, 0.2) is 24.3 Å². The number of carbonyl (C=O) groups excluding carboxylic acids is 1. The number of nitrogens with one attached hydrogen (secondary N) is 2. The Morgan fingerprint density at radius 2 is 2.25 bits per heavy atom. The summed E-state index contributed by atoms with van der Waals surface area (Å²) in [4.78, 5) is 14.0. The number of nitriles is 1. The lowest BCUT2D eigenvalue weighted by atomic mass is 10.1. The van der Waals surface area contributed by atoms with Crippen LogP contribution in [-0.2, 0) is 0 Å². The lowest BCUT2D eigenvalue weighted by molar-refractivity contribution is 0.235. The number of nitrogens with zero attached hydrogens (tertiary/aromatic N) is 2. The number of rotatable bonds is 5. The second-order valence-corrected chi connectivity index (χ2v) is 5.40. The monoisotopic (exact) mass is 272 g/mol. The van der Waals surface area contributed by atoms with Gasteiger partial charge in [-0.2, -0.15) is 5.26 Å². The highest BCUT2D eigenvalue weighted by Gasteiger charge is 2.32. The van der Waals surface area contributed by atoms with Crippen LogP contribution in [0.2, 0.25) is 0 Å². The van der Waals surface area contributed by atoms with E-state index in [9.17, 15) is 4.79 Å². The minimum absolute atomic E-state index is 0.229. The summed E-state index contributed by atoms with van der Waals surface area (Å²) in [6, 6.07) is 9.10. The number of hydrogen-bond donors (Lipinski definition) is 2. The molecule has 0 heterocycles. The van der Waals surface area contributed by atoms with Gasteiger partial charge in [-0.05, 0) is 51.1 Å². The minimum atomic E-state index is -0.229. The highest BCUT2D eigenvalue weighted by Crippen LogP contribution is 2.34. The standard InChI is InChI=1S/C15H20N4O/c1-19(2)14(12-6-7-12)10-17-15(20)18-13-5-3-4-11(8-13)9-16/h3-5,8,12,14H,6-7,10H2,1-2H3,(H2,17,18,20)/t14-/m0/s1. The molecule has 106 valence electrons. The second-order valence-electron chi connectivity index (χ2n) is 5.40. The van der Waals surface area contributed by atoms with Crippen LogP contribution in [0.25, 0.3) is 0 Å². The van der Waals surface area contributed by atoms with E-state index in [0.717, 1.165) is 0 Å². The molecular formula is C15H20N4O. The maximum Gasteiger partial charge on any atom is 0.319 e. The Bertz CT molecular complexity index is 515. The molecule has 0 radical (unpaired) electrons. The van der Waals surface area contributed by atoms with Crippen LogP contribution in [0.4, 0.5) is 10.5 Å². The predicted molar refractivity (Wildman–Crippen MR) is 78.4 cm³/mol. The van der Waals surface area contributed by atoms with E-state index in [-0.39, 0.29) is 6.03 Å². The largest absolute Gasteiger partial charge is 0.336 e. The summed E-state index contributed by atoms with van der Waals surface area (Å²) >= 11 is 0. The van der Waals surface area contributed by atoms with Crippen molar-refractivity contribution in [2.24, 2.45) is 5.92 Å². The molecule has 1 aromatic carbocycles. The molecule has 0 aliphatic heterocycles. The van der Waals surface area contributed by atoms with Crippen molar-refractivity contribution in [2.75, 3.05) is 26.0 Å². The average molecular weight is 272 g/mol. The van der Waals surface area contributed by atoms with E-state index in [4.69, 9.17) is 5.26 Å². The van der Waals surface area contributed by atoms with E-state index in [1.54, 1.807) is 24.3 Å². The van der Waals surface area contributed by atoms with E-state index in [0.29, 0.717) is 29.8 Å². The summed E-state index contributed by atoms with van der Waals surface area (Å²) in [6.45, 7) is 0.640. The molecule has 2 rings (SSSR count). The van der Waals surface area contributed by atoms with Gasteiger partial charge in [-0.25, -0.2) is 4.79 Å². The maximum atomic E-state index is 11.9. The Morgan fingerprint density at radius 3 is 2.85 bits per heavy atom. The third-order valence-corrected chi connectivity index (χ3v) is 3.55. The molecule has 5 heteroatoms. The lowest BCUT2D eigenvalue weighted by Gasteiger charge is -2.24. The Kier molecular flexibility index (Phi) is 4.59. The van der Waals surface area contributed by atoms with Gasteiger partial charge in [0.25, 0.3) is 0 Å². The lowest BCUT2D eigenvalue weighted by Crippen LogP contribution is -2.43. The molecule has 0 saturated heterocycles. The van der Waals surface area contributed by atoms with Gasteiger partial charge in [0.15, 0.2) is 0 Å². The van der Waals surface area contributed by atoms with Crippen LogP contribution in [0.5, 0.6) is 0 Å². The molecule has 1 atom stereocenters. The number of likely N-dealkylation sites (N-methyl/N-ethyl adjacent to an activating group) is 1. The Morgan fingerprint density at radius 1 is 1.50 bits per heavy atom. The zero-order chi connectivity index (χ0) is 14.5. The molecule has 0 bridgehead atoms. The van der Waals surface area contributed by atoms with E-state index >= 15 is 0 Å². The Balaban J connectivity index is 1.84. The fraction of sp³-hybridized carbons (Fsp3) is 0.467. The van der Waals surface area contributed by atoms with Crippen molar-refractivity contribution in [3.05, 3.63) is 29.8 Å². The molecule has 2 N–H and O–H groups in total. The van der Waals surface area contributed by atoms with Crippen molar-refractivity contribution >= 4 is 11.7 Å². The topological polar surface area (TPSA) is 68.2 Å². The van der Waals surface area contributed by atoms with Crippen molar-refractivity contribution in [1.29, 1.82) is 5.26 Å². The van der Waals surface area contributed by atoms with Gasteiger partial charge in [-0.15, -0.1) is 0 Å². The fourth-order valence-corrected chi connectivity index (χ4v) is 2.29. The van der Waals surface area contributed by atoms with Gasteiger partial charge in [-0.3, -0.25) is 0 Å². The van der Waals surface area contributed by atoms with Crippen molar-refractivity contribution in [3.63, 3.8) is 0 Å². The average Bonchev–Trinajstić information content (AvgIpc) is 3.23. The van der Waals surface area contributed by atoms with E-state index in [1.807, 2.05) is 14.1 Å². The summed E-state index contributed by atoms with van der Waals surface area (Å²) in [7, 11) is 4.08. The summed E-state index contributed by atoms with van der Waals surface area (Å²) in [5.41, 5.74) is 1.17. The summed E-state index contributed by atoms with van der Waals surface area (Å²) in [6.07, 6.45) is 2.49. The number of anilines is 1. The molecular weight excluding hydrogens is 252 g/mol. The summed E-state index contributed by atoms with van der Waals surface area (Å²) in [5.74, 6) is 0.701. The van der Waals surface area contributed by atoms with Crippen LogP contribution in [0, 0.1) is 17.2 Å². The first-order chi connectivity index (χ1) is 9.60. The maximum absolute atomic E-state index is 11.9. The molecule has 5 nitrogen and oxygen atoms in total. The van der Waals surface area contributed by atoms with Crippen LogP contribution in [0.3, 0.4) is 0 Å². The van der Waals surface area contributed by atoms with E-state index in [2.05, 4.69) is 21.6 Å². The number of carbonyl (C=O) groups is 1. The molecule has 1 saturated carbocycles. The van der Waals surface area contributed by atoms with Gasteiger partial charge >= 0.3 is 6.03 Å². The van der Waals surface area contributed by atoms with Crippen LogP contribution in [-0.4, -0.2) is 37.6 Å². The van der Waals surface area contributed by atoms with Crippen molar-refractivity contribution < 1.29 is 4.79 Å². The molecule has 1 fully saturated rings. The third kappa shape index (κ3) is 3.97. The molecule has 1 aliphatic carbocycles. The number of amides is 2. The number of urea groups is 1. The van der Waals surface area contributed by atoms with Crippen LogP contribution >= 0.6 is 0 Å². The number of hydrogen-bond acceptors (Lipinski definition) is 3. The predicted octanol–water partition coefficient (Wildman–Crippen LogP) is 2.02. The Hall–Kier alpha value is -2.06. The zero-order valence-electron chi connectivity index (χ0n) is 11.9.